The SMILES string of the molecule is CCOC(=O)c1cnn(-c2ccc(C)cc2C)c1C(F)(F)F. The van der Waals surface area contributed by atoms with Gasteiger partial charge in [0.05, 0.1) is 18.5 Å². The molecule has 2 rings (SSSR count). The van der Waals surface area contributed by atoms with Crippen molar-refractivity contribution in [2.24, 2.45) is 0 Å². The maximum atomic E-state index is 13.4. The number of esters is 1. The first-order valence-corrected chi connectivity index (χ1v) is 6.65. The Kier molecular flexibility index (Phi) is 4.25. The Morgan fingerprint density at radius 1 is 1.32 bits per heavy atom. The summed E-state index contributed by atoms with van der Waals surface area (Å²) >= 11 is 0. The number of alkyl halides is 3. The van der Waals surface area contributed by atoms with E-state index < -0.39 is 23.4 Å². The Morgan fingerprint density at radius 3 is 2.55 bits per heavy atom. The highest BCUT2D eigenvalue weighted by Crippen LogP contribution is 2.34. The number of rotatable bonds is 3. The third-order valence-corrected chi connectivity index (χ3v) is 3.11. The Morgan fingerprint density at radius 2 is 2.00 bits per heavy atom. The van der Waals surface area contributed by atoms with Crippen LogP contribution in [0.2, 0.25) is 0 Å². The lowest BCUT2D eigenvalue weighted by Crippen LogP contribution is -2.19. The third-order valence-electron chi connectivity index (χ3n) is 3.11. The summed E-state index contributed by atoms with van der Waals surface area (Å²) in [4.78, 5) is 11.7. The number of nitrogens with zero attached hydrogens (tertiary/aromatic N) is 2. The molecule has 0 aliphatic heterocycles. The molecule has 0 atom stereocenters. The number of carbonyl (C=O) groups excluding carboxylic acids is 1. The fourth-order valence-corrected chi connectivity index (χ4v) is 2.21. The van der Waals surface area contributed by atoms with E-state index in [0.29, 0.717) is 5.56 Å². The molecule has 0 amide bonds. The van der Waals surface area contributed by atoms with Gasteiger partial charge in [-0.3, -0.25) is 0 Å². The normalized spacial score (nSPS) is 11.5. The number of aromatic nitrogens is 2. The summed E-state index contributed by atoms with van der Waals surface area (Å²) in [5.74, 6) is -1.04. The van der Waals surface area contributed by atoms with Crippen molar-refractivity contribution >= 4 is 5.97 Å². The van der Waals surface area contributed by atoms with Crippen LogP contribution in [0.5, 0.6) is 0 Å². The number of halogens is 3. The van der Waals surface area contributed by atoms with Crippen LogP contribution in [0.25, 0.3) is 5.69 Å². The summed E-state index contributed by atoms with van der Waals surface area (Å²) < 4.78 is 45.5. The van der Waals surface area contributed by atoms with Crippen LogP contribution in [0.15, 0.2) is 24.4 Å². The van der Waals surface area contributed by atoms with Crippen molar-refractivity contribution < 1.29 is 22.7 Å². The molecule has 0 aliphatic rings. The van der Waals surface area contributed by atoms with Crippen LogP contribution in [0.1, 0.15) is 34.1 Å². The van der Waals surface area contributed by atoms with Crippen LogP contribution in [0.4, 0.5) is 13.2 Å². The Hall–Kier alpha value is -2.31. The molecule has 1 heterocycles. The van der Waals surface area contributed by atoms with Gasteiger partial charge in [-0.25, -0.2) is 9.48 Å². The maximum absolute atomic E-state index is 13.4. The standard InChI is InChI=1S/C15H15F3N2O2/c1-4-22-14(21)11-8-19-20(13(11)15(16,17)18)12-6-5-9(2)7-10(12)3/h5-8H,4H2,1-3H3. The predicted octanol–water partition coefficient (Wildman–Crippen LogP) is 3.68. The molecule has 0 spiro atoms. The molecule has 4 nitrogen and oxygen atoms in total. The van der Waals surface area contributed by atoms with Crippen LogP contribution in [0, 0.1) is 13.8 Å². The van der Waals surface area contributed by atoms with Gasteiger partial charge in [0, 0.05) is 0 Å². The van der Waals surface area contributed by atoms with Crippen molar-refractivity contribution in [2.75, 3.05) is 6.61 Å². The zero-order valence-electron chi connectivity index (χ0n) is 12.4. The van der Waals surface area contributed by atoms with E-state index in [2.05, 4.69) is 9.84 Å². The van der Waals surface area contributed by atoms with Crippen molar-refractivity contribution in [1.29, 1.82) is 0 Å². The van der Waals surface area contributed by atoms with E-state index in [4.69, 9.17) is 0 Å². The summed E-state index contributed by atoms with van der Waals surface area (Å²) in [6.07, 6.45) is -3.84. The molecule has 0 N–H and O–H groups in total. The van der Waals surface area contributed by atoms with Crippen LogP contribution in [-0.4, -0.2) is 22.4 Å². The molecular formula is C15H15F3N2O2. The minimum absolute atomic E-state index is 0.00906. The minimum atomic E-state index is -4.73. The van der Waals surface area contributed by atoms with Gasteiger partial charge in [0.2, 0.25) is 0 Å². The Balaban J connectivity index is 2.64. The molecule has 1 aromatic carbocycles. The number of benzene rings is 1. The smallest absolute Gasteiger partial charge is 0.434 e. The number of aryl methyl sites for hydroxylation is 2. The maximum Gasteiger partial charge on any atom is 0.434 e. The second-order valence-electron chi connectivity index (χ2n) is 4.83. The summed E-state index contributed by atoms with van der Waals surface area (Å²) in [5.41, 5.74) is 0.109. The van der Waals surface area contributed by atoms with Gasteiger partial charge in [0.1, 0.15) is 5.56 Å². The van der Waals surface area contributed by atoms with E-state index in [1.165, 1.54) is 6.92 Å². The van der Waals surface area contributed by atoms with Gasteiger partial charge in [-0.15, -0.1) is 0 Å². The molecule has 0 saturated heterocycles. The van der Waals surface area contributed by atoms with Crippen LogP contribution in [-0.2, 0) is 10.9 Å². The summed E-state index contributed by atoms with van der Waals surface area (Å²) in [6.45, 7) is 5.05. The third kappa shape index (κ3) is 2.98. The highest BCUT2D eigenvalue weighted by Gasteiger charge is 2.41. The fourth-order valence-electron chi connectivity index (χ4n) is 2.21. The number of carbonyl (C=O) groups is 1. The summed E-state index contributed by atoms with van der Waals surface area (Å²) in [7, 11) is 0. The highest BCUT2D eigenvalue weighted by molar-refractivity contribution is 5.90. The Bertz CT molecular complexity index is 705. The lowest BCUT2D eigenvalue weighted by molar-refractivity contribution is -0.143. The average Bonchev–Trinajstić information content (AvgIpc) is 2.83. The number of hydrogen-bond acceptors (Lipinski definition) is 3. The molecule has 1 aromatic heterocycles. The molecule has 7 heteroatoms. The van der Waals surface area contributed by atoms with Crippen molar-refractivity contribution in [3.63, 3.8) is 0 Å². The summed E-state index contributed by atoms with van der Waals surface area (Å²) in [6, 6.07) is 4.98. The highest BCUT2D eigenvalue weighted by atomic mass is 19.4. The van der Waals surface area contributed by atoms with E-state index in [-0.39, 0.29) is 12.3 Å². The topological polar surface area (TPSA) is 44.1 Å². The van der Waals surface area contributed by atoms with Gasteiger partial charge in [-0.2, -0.15) is 18.3 Å². The van der Waals surface area contributed by atoms with Crippen LogP contribution in [0.3, 0.4) is 0 Å². The van der Waals surface area contributed by atoms with E-state index >= 15 is 0 Å². The fraction of sp³-hybridized carbons (Fsp3) is 0.333. The Labute approximate surface area is 125 Å². The molecular weight excluding hydrogens is 297 g/mol. The van der Waals surface area contributed by atoms with Gasteiger partial charge in [0.25, 0.3) is 0 Å². The lowest BCUT2D eigenvalue weighted by Gasteiger charge is -2.14. The minimum Gasteiger partial charge on any atom is -0.462 e. The van der Waals surface area contributed by atoms with E-state index in [9.17, 15) is 18.0 Å². The molecule has 0 unspecified atom stereocenters. The van der Waals surface area contributed by atoms with Gasteiger partial charge in [-0.1, -0.05) is 17.7 Å². The van der Waals surface area contributed by atoms with Crippen molar-refractivity contribution in [3.05, 3.63) is 46.8 Å². The second kappa shape index (κ2) is 5.82. The largest absolute Gasteiger partial charge is 0.462 e. The quantitative estimate of drug-likeness (QED) is 0.812. The second-order valence-corrected chi connectivity index (χ2v) is 4.83. The molecule has 118 valence electrons. The molecule has 22 heavy (non-hydrogen) atoms. The number of hydrogen-bond donors (Lipinski definition) is 0. The molecule has 0 bridgehead atoms. The molecule has 0 saturated carbocycles. The van der Waals surface area contributed by atoms with Gasteiger partial charge < -0.3 is 4.74 Å². The zero-order chi connectivity index (χ0) is 16.5. The van der Waals surface area contributed by atoms with Crippen molar-refractivity contribution in [1.82, 2.24) is 9.78 Å². The average molecular weight is 312 g/mol. The van der Waals surface area contributed by atoms with Gasteiger partial charge >= 0.3 is 12.1 Å². The monoisotopic (exact) mass is 312 g/mol. The molecule has 0 radical (unpaired) electrons. The van der Waals surface area contributed by atoms with E-state index in [1.54, 1.807) is 25.1 Å². The first-order chi connectivity index (χ1) is 10.3. The summed E-state index contributed by atoms with van der Waals surface area (Å²) in [5, 5.41) is 3.74. The predicted molar refractivity (Wildman–Crippen MR) is 74.0 cm³/mol. The van der Waals surface area contributed by atoms with Crippen LogP contribution >= 0.6 is 0 Å². The van der Waals surface area contributed by atoms with Gasteiger partial charge in [0.15, 0.2) is 5.69 Å². The van der Waals surface area contributed by atoms with Crippen molar-refractivity contribution in [3.8, 4) is 5.69 Å². The van der Waals surface area contributed by atoms with E-state index in [0.717, 1.165) is 16.4 Å². The lowest BCUT2D eigenvalue weighted by atomic mass is 10.1. The van der Waals surface area contributed by atoms with Crippen molar-refractivity contribution in [2.45, 2.75) is 26.9 Å². The van der Waals surface area contributed by atoms with Gasteiger partial charge in [-0.05, 0) is 32.4 Å². The van der Waals surface area contributed by atoms with Crippen LogP contribution < -0.4 is 0 Å². The first kappa shape index (κ1) is 16.1. The molecule has 0 aliphatic carbocycles. The number of ether oxygens (including phenoxy) is 1. The molecule has 2 aromatic rings. The van der Waals surface area contributed by atoms with E-state index in [1.807, 2.05) is 6.92 Å². The zero-order valence-corrected chi connectivity index (χ0v) is 12.4. The molecule has 0 fully saturated rings. The first-order valence-electron chi connectivity index (χ1n) is 6.65.